The minimum absolute atomic E-state index is 0.195. The molecule has 0 amide bonds. The minimum atomic E-state index is -0.294. The molecule has 2 nitrogen and oxygen atoms in total. The van der Waals surface area contributed by atoms with Crippen molar-refractivity contribution in [2.24, 2.45) is 0 Å². The standard InChI is InChI=1S/C16H12BrFO2/c17-12-5-10(6-13(18)8-12)9-20-14-2-3-15-11(7-14)1-4-16(15)19/h2-3,5-8H,1,4,9H2. The van der Waals surface area contributed by atoms with Crippen LogP contribution in [-0.2, 0) is 13.0 Å². The molecule has 1 aliphatic carbocycles. The highest BCUT2D eigenvalue weighted by atomic mass is 79.9. The fourth-order valence-electron chi connectivity index (χ4n) is 2.38. The van der Waals surface area contributed by atoms with E-state index < -0.39 is 0 Å². The van der Waals surface area contributed by atoms with E-state index in [1.807, 2.05) is 18.2 Å². The van der Waals surface area contributed by atoms with Gasteiger partial charge in [0.1, 0.15) is 18.2 Å². The second-order valence-corrected chi connectivity index (χ2v) is 5.72. The van der Waals surface area contributed by atoms with Gasteiger partial charge in [-0.1, -0.05) is 15.9 Å². The summed E-state index contributed by atoms with van der Waals surface area (Å²) in [6.07, 6.45) is 1.35. The average molecular weight is 335 g/mol. The van der Waals surface area contributed by atoms with E-state index in [0.717, 1.165) is 23.1 Å². The maximum absolute atomic E-state index is 13.3. The Bertz CT molecular complexity index is 662. The molecular weight excluding hydrogens is 323 g/mol. The molecule has 4 heteroatoms. The molecule has 3 rings (SSSR count). The quantitative estimate of drug-likeness (QED) is 0.836. The Kier molecular flexibility index (Phi) is 3.57. The predicted octanol–water partition coefficient (Wildman–Crippen LogP) is 4.30. The third-order valence-corrected chi connectivity index (χ3v) is 3.78. The van der Waals surface area contributed by atoms with Crippen LogP contribution in [0.5, 0.6) is 5.75 Å². The van der Waals surface area contributed by atoms with Crippen molar-refractivity contribution >= 4 is 21.7 Å². The van der Waals surface area contributed by atoms with Gasteiger partial charge in [0.15, 0.2) is 5.78 Å². The van der Waals surface area contributed by atoms with Crippen LogP contribution in [0.4, 0.5) is 4.39 Å². The van der Waals surface area contributed by atoms with Gasteiger partial charge in [0.2, 0.25) is 0 Å². The molecule has 0 unspecified atom stereocenters. The normalized spacial score (nSPS) is 13.4. The zero-order valence-corrected chi connectivity index (χ0v) is 12.2. The van der Waals surface area contributed by atoms with Crippen molar-refractivity contribution in [3.63, 3.8) is 0 Å². The Morgan fingerprint density at radius 3 is 2.80 bits per heavy atom. The monoisotopic (exact) mass is 334 g/mol. The molecule has 0 radical (unpaired) electrons. The van der Waals surface area contributed by atoms with Crippen LogP contribution in [-0.4, -0.2) is 5.78 Å². The lowest BCUT2D eigenvalue weighted by Gasteiger charge is -2.08. The largest absolute Gasteiger partial charge is 0.489 e. The SMILES string of the molecule is O=C1CCc2cc(OCc3cc(F)cc(Br)c3)ccc21. The Hall–Kier alpha value is -1.68. The molecule has 0 saturated carbocycles. The van der Waals surface area contributed by atoms with Crippen molar-refractivity contribution in [3.8, 4) is 5.75 Å². The van der Waals surface area contributed by atoms with Crippen LogP contribution in [0.2, 0.25) is 0 Å². The number of ketones is 1. The Labute approximate surface area is 124 Å². The van der Waals surface area contributed by atoms with E-state index in [0.29, 0.717) is 23.2 Å². The van der Waals surface area contributed by atoms with E-state index >= 15 is 0 Å². The van der Waals surface area contributed by atoms with Crippen LogP contribution in [0.25, 0.3) is 0 Å². The Balaban J connectivity index is 1.74. The highest BCUT2D eigenvalue weighted by molar-refractivity contribution is 9.10. The van der Waals surface area contributed by atoms with Gasteiger partial charge in [0.25, 0.3) is 0 Å². The number of rotatable bonds is 3. The number of hydrogen-bond donors (Lipinski definition) is 0. The molecule has 0 aromatic heterocycles. The number of fused-ring (bicyclic) bond motifs is 1. The summed E-state index contributed by atoms with van der Waals surface area (Å²) in [7, 11) is 0. The summed E-state index contributed by atoms with van der Waals surface area (Å²) in [4.78, 5) is 11.5. The fraction of sp³-hybridized carbons (Fsp3) is 0.188. The Morgan fingerprint density at radius 2 is 2.00 bits per heavy atom. The van der Waals surface area contributed by atoms with Crippen LogP contribution in [0.1, 0.15) is 27.9 Å². The second kappa shape index (κ2) is 5.37. The zero-order chi connectivity index (χ0) is 14.1. The summed E-state index contributed by atoms with van der Waals surface area (Å²) in [5, 5.41) is 0. The van der Waals surface area contributed by atoms with Crippen molar-refractivity contribution in [1.29, 1.82) is 0 Å². The summed E-state index contributed by atoms with van der Waals surface area (Å²) in [5.74, 6) is 0.608. The van der Waals surface area contributed by atoms with Gasteiger partial charge in [0.05, 0.1) is 0 Å². The molecule has 0 atom stereocenters. The van der Waals surface area contributed by atoms with Gasteiger partial charge >= 0.3 is 0 Å². The minimum Gasteiger partial charge on any atom is -0.489 e. The van der Waals surface area contributed by atoms with E-state index in [4.69, 9.17) is 4.74 Å². The molecule has 1 aliphatic rings. The summed E-state index contributed by atoms with van der Waals surface area (Å²) in [6, 6.07) is 10.2. The number of halogens is 2. The van der Waals surface area contributed by atoms with Crippen molar-refractivity contribution in [2.75, 3.05) is 0 Å². The molecule has 0 fully saturated rings. The number of aryl methyl sites for hydroxylation is 1. The number of carbonyl (C=O) groups excluding carboxylic acids is 1. The molecule has 0 aliphatic heterocycles. The number of hydrogen-bond acceptors (Lipinski definition) is 2. The molecule has 0 saturated heterocycles. The van der Waals surface area contributed by atoms with Crippen molar-refractivity contribution in [2.45, 2.75) is 19.4 Å². The summed E-state index contributed by atoms with van der Waals surface area (Å²) < 4.78 is 19.6. The zero-order valence-electron chi connectivity index (χ0n) is 10.7. The lowest BCUT2D eigenvalue weighted by Crippen LogP contribution is -1.97. The first kappa shape index (κ1) is 13.3. The lowest BCUT2D eigenvalue weighted by molar-refractivity contribution is 0.0994. The molecule has 102 valence electrons. The fourth-order valence-corrected chi connectivity index (χ4v) is 2.90. The molecule has 20 heavy (non-hydrogen) atoms. The van der Waals surface area contributed by atoms with Crippen molar-refractivity contribution in [1.82, 2.24) is 0 Å². The van der Waals surface area contributed by atoms with Gasteiger partial charge in [-0.15, -0.1) is 0 Å². The van der Waals surface area contributed by atoms with Crippen LogP contribution in [0, 0.1) is 5.82 Å². The topological polar surface area (TPSA) is 26.3 Å². The van der Waals surface area contributed by atoms with Gasteiger partial charge < -0.3 is 4.74 Å². The smallest absolute Gasteiger partial charge is 0.163 e. The van der Waals surface area contributed by atoms with Crippen molar-refractivity contribution < 1.29 is 13.9 Å². The number of benzene rings is 2. The molecule has 0 N–H and O–H groups in total. The molecule has 0 bridgehead atoms. The molecule has 0 heterocycles. The molecular formula is C16H12BrFO2. The van der Waals surface area contributed by atoms with Crippen molar-refractivity contribution in [3.05, 3.63) is 63.4 Å². The molecule has 0 spiro atoms. The maximum atomic E-state index is 13.3. The van der Waals surface area contributed by atoms with Crippen LogP contribution < -0.4 is 4.74 Å². The van der Waals surface area contributed by atoms with Gasteiger partial charge in [-0.2, -0.15) is 0 Å². The second-order valence-electron chi connectivity index (χ2n) is 4.81. The van der Waals surface area contributed by atoms with E-state index in [-0.39, 0.29) is 11.6 Å². The van der Waals surface area contributed by atoms with Gasteiger partial charge in [-0.05, 0) is 53.9 Å². The predicted molar refractivity (Wildman–Crippen MR) is 77.5 cm³/mol. The van der Waals surface area contributed by atoms with E-state index in [1.54, 1.807) is 6.07 Å². The number of ether oxygens (including phenoxy) is 1. The summed E-state index contributed by atoms with van der Waals surface area (Å²) in [5.41, 5.74) is 2.59. The number of carbonyl (C=O) groups is 1. The Morgan fingerprint density at radius 1 is 1.15 bits per heavy atom. The first-order valence-corrected chi connectivity index (χ1v) is 7.15. The van der Waals surface area contributed by atoms with E-state index in [9.17, 15) is 9.18 Å². The highest BCUT2D eigenvalue weighted by Gasteiger charge is 2.19. The lowest BCUT2D eigenvalue weighted by atomic mass is 10.1. The van der Waals surface area contributed by atoms with Crippen LogP contribution in [0.3, 0.4) is 0 Å². The third kappa shape index (κ3) is 2.75. The number of Topliss-reactive ketones (excluding diaryl/α,β-unsaturated/α-hetero) is 1. The maximum Gasteiger partial charge on any atom is 0.163 e. The van der Waals surface area contributed by atoms with Gasteiger partial charge in [-0.25, -0.2) is 4.39 Å². The summed E-state index contributed by atoms with van der Waals surface area (Å²) >= 11 is 3.25. The highest BCUT2D eigenvalue weighted by Crippen LogP contribution is 2.26. The summed E-state index contributed by atoms with van der Waals surface area (Å²) in [6.45, 7) is 0.295. The van der Waals surface area contributed by atoms with Gasteiger partial charge in [-0.3, -0.25) is 4.79 Å². The van der Waals surface area contributed by atoms with Crippen LogP contribution >= 0.6 is 15.9 Å². The molecule has 2 aromatic carbocycles. The van der Waals surface area contributed by atoms with E-state index in [2.05, 4.69) is 15.9 Å². The first-order chi connectivity index (χ1) is 9.61. The first-order valence-electron chi connectivity index (χ1n) is 6.36. The molecule has 2 aromatic rings. The third-order valence-electron chi connectivity index (χ3n) is 3.33. The van der Waals surface area contributed by atoms with E-state index in [1.165, 1.54) is 12.1 Å². The van der Waals surface area contributed by atoms with Crippen LogP contribution in [0.15, 0.2) is 40.9 Å². The van der Waals surface area contributed by atoms with Gasteiger partial charge in [0, 0.05) is 16.5 Å². The average Bonchev–Trinajstić information content (AvgIpc) is 2.77.